The predicted octanol–water partition coefficient (Wildman–Crippen LogP) is 3.21. The van der Waals surface area contributed by atoms with Crippen molar-refractivity contribution >= 4 is 17.5 Å². The highest BCUT2D eigenvalue weighted by atomic mass is 16.2. The normalized spacial score (nSPS) is 18.1. The van der Waals surface area contributed by atoms with E-state index in [-0.39, 0.29) is 30.7 Å². The molecule has 138 valence electrons. The number of amides is 2. The summed E-state index contributed by atoms with van der Waals surface area (Å²) in [6.07, 6.45) is 3.05. The zero-order valence-electron chi connectivity index (χ0n) is 15.2. The molecular formula is C22H23N3O2. The highest BCUT2D eigenvalue weighted by Crippen LogP contribution is 2.30. The lowest BCUT2D eigenvalue weighted by Crippen LogP contribution is -2.29. The zero-order chi connectivity index (χ0) is 18.6. The molecule has 0 saturated carbocycles. The van der Waals surface area contributed by atoms with Crippen LogP contribution in [0, 0.1) is 0 Å². The summed E-state index contributed by atoms with van der Waals surface area (Å²) in [4.78, 5) is 24.7. The van der Waals surface area contributed by atoms with E-state index in [2.05, 4.69) is 22.6 Å². The van der Waals surface area contributed by atoms with E-state index in [4.69, 9.17) is 0 Å². The lowest BCUT2D eigenvalue weighted by molar-refractivity contribution is -0.133. The molecule has 1 heterocycles. The third-order valence-electron chi connectivity index (χ3n) is 5.23. The van der Waals surface area contributed by atoms with Crippen LogP contribution in [0.1, 0.15) is 48.4 Å². The summed E-state index contributed by atoms with van der Waals surface area (Å²) in [7, 11) is 0. The molecule has 0 radical (unpaired) electrons. The average molecular weight is 361 g/mol. The minimum atomic E-state index is -0.0945. The molecular weight excluding hydrogens is 338 g/mol. The van der Waals surface area contributed by atoms with E-state index in [1.54, 1.807) is 0 Å². The standard InChI is InChI=1S/C22H23N3O2/c26-21(23-20-11-10-16-6-4-5-9-18(16)20)12-13-22(27)25-15-14-19(24-25)17-7-2-1-3-8-17/h1-9,20H,10-15H2,(H,23,26). The number of aryl methyl sites for hydroxylation is 1. The Hall–Kier alpha value is -2.95. The third kappa shape index (κ3) is 3.92. The fourth-order valence-electron chi connectivity index (χ4n) is 3.79. The number of carbonyl (C=O) groups is 2. The van der Waals surface area contributed by atoms with Gasteiger partial charge in [0.25, 0.3) is 0 Å². The first-order valence-electron chi connectivity index (χ1n) is 9.51. The summed E-state index contributed by atoms with van der Waals surface area (Å²) in [6.45, 7) is 0.584. The summed E-state index contributed by atoms with van der Waals surface area (Å²) in [5.74, 6) is -0.167. The van der Waals surface area contributed by atoms with Gasteiger partial charge in [0, 0.05) is 19.3 Å². The van der Waals surface area contributed by atoms with Gasteiger partial charge in [-0.1, -0.05) is 54.6 Å². The minimum absolute atomic E-state index is 0.0679. The molecule has 1 unspecified atom stereocenters. The molecule has 0 saturated heterocycles. The Morgan fingerprint density at radius 1 is 1.00 bits per heavy atom. The first-order valence-corrected chi connectivity index (χ1v) is 9.51. The Balaban J connectivity index is 1.29. The Kier molecular flexibility index (Phi) is 5.01. The summed E-state index contributed by atoms with van der Waals surface area (Å²) < 4.78 is 0. The van der Waals surface area contributed by atoms with Crippen LogP contribution in [0.2, 0.25) is 0 Å². The van der Waals surface area contributed by atoms with Crippen molar-refractivity contribution in [1.82, 2.24) is 10.3 Å². The maximum Gasteiger partial charge on any atom is 0.243 e. The van der Waals surface area contributed by atoms with Gasteiger partial charge < -0.3 is 5.32 Å². The van der Waals surface area contributed by atoms with Gasteiger partial charge in [-0.05, 0) is 29.5 Å². The SMILES string of the molecule is O=C(CCC(=O)N1CCC(c2ccccc2)=N1)NC1CCc2ccccc21. The lowest BCUT2D eigenvalue weighted by Gasteiger charge is -2.15. The van der Waals surface area contributed by atoms with Crippen LogP contribution in [0.25, 0.3) is 0 Å². The van der Waals surface area contributed by atoms with Crippen LogP contribution < -0.4 is 5.32 Å². The number of fused-ring (bicyclic) bond motifs is 1. The monoisotopic (exact) mass is 361 g/mol. The Morgan fingerprint density at radius 3 is 2.63 bits per heavy atom. The maximum absolute atomic E-state index is 12.4. The van der Waals surface area contributed by atoms with Crippen LogP contribution in [-0.2, 0) is 16.0 Å². The van der Waals surface area contributed by atoms with Crippen LogP contribution in [0.4, 0.5) is 0 Å². The second-order valence-electron chi connectivity index (χ2n) is 7.04. The van der Waals surface area contributed by atoms with E-state index in [1.165, 1.54) is 16.1 Å². The van der Waals surface area contributed by atoms with Gasteiger partial charge in [-0.3, -0.25) is 9.59 Å². The number of carbonyl (C=O) groups excluding carboxylic acids is 2. The summed E-state index contributed by atoms with van der Waals surface area (Å²) in [5, 5.41) is 9.01. The summed E-state index contributed by atoms with van der Waals surface area (Å²) in [6, 6.07) is 18.2. The number of nitrogens with zero attached hydrogens (tertiary/aromatic N) is 2. The van der Waals surface area contributed by atoms with E-state index in [1.807, 2.05) is 42.5 Å². The average Bonchev–Trinajstić information content (AvgIpc) is 3.35. The van der Waals surface area contributed by atoms with Crippen LogP contribution in [0.15, 0.2) is 59.7 Å². The first kappa shape index (κ1) is 17.5. The van der Waals surface area contributed by atoms with E-state index in [9.17, 15) is 9.59 Å². The molecule has 2 aliphatic rings. The van der Waals surface area contributed by atoms with Crippen LogP contribution in [-0.4, -0.2) is 29.1 Å². The second-order valence-corrected chi connectivity index (χ2v) is 7.04. The number of benzene rings is 2. The second kappa shape index (κ2) is 7.74. The number of nitrogens with one attached hydrogen (secondary N) is 1. The fourth-order valence-corrected chi connectivity index (χ4v) is 3.79. The quantitative estimate of drug-likeness (QED) is 0.889. The molecule has 0 fully saturated rings. The van der Waals surface area contributed by atoms with Gasteiger partial charge in [-0.25, -0.2) is 5.01 Å². The maximum atomic E-state index is 12.4. The van der Waals surface area contributed by atoms with Crippen LogP contribution in [0.3, 0.4) is 0 Å². The van der Waals surface area contributed by atoms with E-state index in [0.717, 1.165) is 30.5 Å². The number of hydrazone groups is 1. The summed E-state index contributed by atoms with van der Waals surface area (Å²) >= 11 is 0. The van der Waals surface area contributed by atoms with Gasteiger partial charge in [-0.2, -0.15) is 5.10 Å². The lowest BCUT2D eigenvalue weighted by atomic mass is 10.1. The molecule has 1 aliphatic heterocycles. The molecule has 2 aromatic carbocycles. The summed E-state index contributed by atoms with van der Waals surface area (Å²) in [5.41, 5.74) is 4.48. The molecule has 2 aromatic rings. The van der Waals surface area contributed by atoms with Crippen LogP contribution >= 0.6 is 0 Å². The Bertz CT molecular complexity index is 876. The smallest absolute Gasteiger partial charge is 0.243 e. The van der Waals surface area contributed by atoms with Gasteiger partial charge in [0.1, 0.15) is 0 Å². The fraction of sp³-hybridized carbons (Fsp3) is 0.318. The van der Waals surface area contributed by atoms with Crippen molar-refractivity contribution in [2.24, 2.45) is 5.10 Å². The van der Waals surface area contributed by atoms with Crippen molar-refractivity contribution in [3.8, 4) is 0 Å². The van der Waals surface area contributed by atoms with E-state index >= 15 is 0 Å². The molecule has 5 heteroatoms. The molecule has 1 atom stereocenters. The molecule has 4 rings (SSSR count). The van der Waals surface area contributed by atoms with Crippen LogP contribution in [0.5, 0.6) is 0 Å². The highest BCUT2D eigenvalue weighted by molar-refractivity contribution is 6.02. The first-order chi connectivity index (χ1) is 13.2. The minimum Gasteiger partial charge on any atom is -0.349 e. The van der Waals surface area contributed by atoms with Gasteiger partial charge in [0.2, 0.25) is 11.8 Å². The molecule has 5 nitrogen and oxygen atoms in total. The van der Waals surface area contributed by atoms with Gasteiger partial charge >= 0.3 is 0 Å². The van der Waals surface area contributed by atoms with Gasteiger partial charge in [-0.15, -0.1) is 0 Å². The largest absolute Gasteiger partial charge is 0.349 e. The van der Waals surface area contributed by atoms with Crippen molar-refractivity contribution in [3.63, 3.8) is 0 Å². The van der Waals surface area contributed by atoms with Crippen molar-refractivity contribution in [2.45, 2.75) is 38.1 Å². The Labute approximate surface area is 159 Å². The Morgan fingerprint density at radius 2 is 1.78 bits per heavy atom. The number of rotatable bonds is 5. The topological polar surface area (TPSA) is 61.8 Å². The van der Waals surface area contributed by atoms with Crippen molar-refractivity contribution in [1.29, 1.82) is 0 Å². The van der Waals surface area contributed by atoms with Gasteiger partial charge in [0.05, 0.1) is 18.3 Å². The van der Waals surface area contributed by atoms with Crippen molar-refractivity contribution < 1.29 is 9.59 Å². The van der Waals surface area contributed by atoms with Crippen molar-refractivity contribution in [2.75, 3.05) is 6.54 Å². The highest BCUT2D eigenvalue weighted by Gasteiger charge is 2.25. The predicted molar refractivity (Wildman–Crippen MR) is 104 cm³/mol. The van der Waals surface area contributed by atoms with Crippen molar-refractivity contribution in [3.05, 3.63) is 71.3 Å². The van der Waals surface area contributed by atoms with E-state index in [0.29, 0.717) is 6.54 Å². The van der Waals surface area contributed by atoms with Gasteiger partial charge in [0.15, 0.2) is 0 Å². The molecule has 0 aromatic heterocycles. The molecule has 2 amide bonds. The third-order valence-corrected chi connectivity index (χ3v) is 5.23. The molecule has 1 N–H and O–H groups in total. The number of hydrogen-bond acceptors (Lipinski definition) is 3. The molecule has 27 heavy (non-hydrogen) atoms. The number of hydrogen-bond donors (Lipinski definition) is 1. The molecule has 1 aliphatic carbocycles. The zero-order valence-corrected chi connectivity index (χ0v) is 15.2. The molecule has 0 spiro atoms. The van der Waals surface area contributed by atoms with E-state index < -0.39 is 0 Å². The molecule has 0 bridgehead atoms.